The maximum atomic E-state index is 13.0. The number of benzene rings is 2. The van der Waals surface area contributed by atoms with E-state index in [9.17, 15) is 112 Å². The molecule has 2 saturated heterocycles. The topological polar surface area (TPSA) is 848 Å². The Morgan fingerprint density at radius 2 is 0.903 bits per heavy atom. The van der Waals surface area contributed by atoms with Gasteiger partial charge in [0.15, 0.2) is 71.8 Å². The zero-order valence-corrected chi connectivity index (χ0v) is 84.3. The van der Waals surface area contributed by atoms with Gasteiger partial charge in [-0.1, -0.05) is 12.8 Å². The van der Waals surface area contributed by atoms with Crippen molar-refractivity contribution in [2.45, 2.75) is 140 Å². The number of ether oxygens (including phenoxy) is 4. The number of nitrogens with zero attached hydrogens (tertiary/aromatic N) is 10. The molecular weight excluding hydrogens is 2120 g/mol. The number of aliphatic hydroxyl groups excluding tert-OH is 2. The summed E-state index contributed by atoms with van der Waals surface area (Å²) in [7, 11) is -31.2. The highest BCUT2D eigenvalue weighted by atomic mass is 32.5. The number of nitrogens with one attached hydrogen (secondary N) is 6. The highest BCUT2D eigenvalue weighted by Crippen LogP contribution is 2.68. The van der Waals surface area contributed by atoms with Gasteiger partial charge in [-0.25, -0.2) is 82.0 Å². The van der Waals surface area contributed by atoms with Crippen molar-refractivity contribution in [2.75, 3.05) is 98.3 Å². The molecule has 2 aliphatic heterocycles. The lowest BCUT2D eigenvalue weighted by atomic mass is 10.1. The number of anilines is 4. The maximum Gasteiger partial charge on any atom is 0.488 e. The van der Waals surface area contributed by atoms with Crippen molar-refractivity contribution in [2.24, 2.45) is 0 Å². The first-order chi connectivity index (χ1) is 67.6. The number of aromatic nitrogens is 10. The van der Waals surface area contributed by atoms with E-state index < -0.39 is 173 Å². The van der Waals surface area contributed by atoms with Crippen LogP contribution >= 0.6 is 44.7 Å². The molecule has 20 N–H and O–H groups in total. The molecule has 0 spiro atoms. The fourth-order valence-corrected chi connectivity index (χ4v) is 23.3. The van der Waals surface area contributed by atoms with E-state index in [1.165, 1.54) is 0 Å². The molecule has 4 unspecified atom stereocenters. The van der Waals surface area contributed by atoms with E-state index in [1.54, 1.807) is 82.5 Å². The van der Waals surface area contributed by atoms with E-state index in [2.05, 4.69) is 106 Å². The van der Waals surface area contributed by atoms with Gasteiger partial charge in [-0.05, 0) is 99.5 Å². The molecule has 10 heterocycles. The van der Waals surface area contributed by atoms with Gasteiger partial charge in [-0.15, -0.1) is 0 Å². The first-order valence-corrected chi connectivity index (χ1v) is 57.6. The summed E-state index contributed by atoms with van der Waals surface area (Å²) in [6.45, 7) is -5.15. The normalized spacial score (nSPS) is 18.9. The monoisotopic (exact) mass is 2220 g/mol. The molecule has 2 fully saturated rings. The fraction of sp³-hybridized carbons (Fsp3) is 0.447. The number of carbonyl (C=O) groups is 4. The number of fused-ring (bicyclic) bond motifs is 4. The van der Waals surface area contributed by atoms with E-state index in [0.717, 1.165) is 46.0 Å². The smallest absolute Gasteiger partial charge is 0.488 e. The second-order valence-corrected chi connectivity index (χ2v) is 46.5. The molecule has 2 aliphatic rings. The predicted octanol–water partition coefficient (Wildman–Crippen LogP) is 1.43. The van der Waals surface area contributed by atoms with Gasteiger partial charge >= 0.3 is 68.2 Å². The summed E-state index contributed by atoms with van der Waals surface area (Å²) < 4.78 is 179. The molecule has 788 valence electrons. The molecule has 12 rings (SSSR count). The number of imidazole rings is 2. The van der Waals surface area contributed by atoms with Crippen LogP contribution in [0.4, 0.5) is 32.9 Å². The minimum absolute atomic E-state index is 0.0319. The Hall–Kier alpha value is -10.1. The summed E-state index contributed by atoms with van der Waals surface area (Å²) in [6.07, 6.45) is -2.50. The number of nitrogens with two attached hydrogens (primary N) is 2. The van der Waals surface area contributed by atoms with Crippen molar-refractivity contribution in [3.8, 4) is 22.3 Å². The van der Waals surface area contributed by atoms with Crippen molar-refractivity contribution in [1.29, 1.82) is 0 Å². The standard InChI is InChI=1S/2C38H50N9O20P3S2/c1-2-46(25-9-8-24-19-26(36(51)64-27(24)20-25)23-10-16-45(17-11-23)14-6-18-72(59,60)61)15-5-3-4-7-29(48)40-12-13-41-38(52)65-32-28(21-62-68(53,54)66-69(55,56)67-70(57,58)71)63-35(31(32)49)47-22-42-30-33(47)43-37(39)44-34(30)50;1-2-46(25-9-8-24-19-26(36(51)64-27(24)20-25)23-10-16-45(17-11-23)14-6-18-72(59,60)61)15-5-3-4-7-29(48)40-12-13-41-38(52)65-32-31(49)28(21-62-68(53,54)66-69(55,56)67-70(57,58)71)63-35(32)47-22-42-30-33(47)43-37(39)44-34(30)50/h2*8-11,16-17,19-20,22,28,31-32,35,49H,2-7,12-15,18,21H2,1H3,(H9-,39,40,41,43,44,48,50,52,53,54,55,56,57,58,59,60,61,71)/t2*28-,31-,32-,35-/m11/s1. The van der Waals surface area contributed by atoms with Crippen LogP contribution in [0.25, 0.3) is 66.5 Å². The lowest BCUT2D eigenvalue weighted by molar-refractivity contribution is -0.696. The number of carbonyl (C=O) groups excluding carboxylic acids is 4. The average molecular weight is 2220 g/mol. The zero-order valence-electron chi connectivity index (χ0n) is 75.6. The van der Waals surface area contributed by atoms with Crippen LogP contribution in [0.3, 0.4) is 0 Å². The lowest BCUT2D eigenvalue weighted by Crippen LogP contribution is -2.42. The van der Waals surface area contributed by atoms with Crippen LogP contribution in [-0.2, 0) is 130 Å². The Morgan fingerprint density at radius 1 is 0.514 bits per heavy atom. The highest BCUT2D eigenvalue weighted by molar-refractivity contribution is 8.08. The molecule has 0 aliphatic carbocycles. The van der Waals surface area contributed by atoms with Crippen molar-refractivity contribution in [1.82, 2.24) is 60.3 Å². The number of alkyl carbamates (subject to hydrolysis) is 2. The number of hydrogen-bond acceptors (Lipinski definition) is 42. The molecule has 4 amide bonds. The number of pyridine rings is 2. The number of rotatable bonds is 50. The summed E-state index contributed by atoms with van der Waals surface area (Å²) >= 11 is 8.13. The number of unbranched alkanes of at least 4 members (excludes halogenated alkanes) is 4. The number of aryl methyl sites for hydroxylation is 2. The molecule has 12 atom stereocenters. The lowest BCUT2D eigenvalue weighted by Gasteiger charge is -2.23. The summed E-state index contributed by atoms with van der Waals surface area (Å²) in [4.78, 5) is 202. The number of nitrogen functional groups attached to an aromatic ring is 2. The molecule has 58 nitrogen and oxygen atoms in total. The van der Waals surface area contributed by atoms with Crippen LogP contribution in [0.5, 0.6) is 0 Å². The summed E-state index contributed by atoms with van der Waals surface area (Å²) in [6, 6.07) is 21.4. The minimum atomic E-state index is -5.70. The van der Waals surface area contributed by atoms with Gasteiger partial charge in [0.05, 0.1) is 57.2 Å². The Labute approximate surface area is 824 Å². The van der Waals surface area contributed by atoms with Crippen LogP contribution in [0, 0.1) is 0 Å². The number of phosphoric acid groups is 4. The van der Waals surface area contributed by atoms with Gasteiger partial charge in [0, 0.05) is 159 Å². The zero-order chi connectivity index (χ0) is 105. The fourth-order valence-electron chi connectivity index (χ4n) is 14.8. The maximum absolute atomic E-state index is 13.0. The van der Waals surface area contributed by atoms with Crippen molar-refractivity contribution in [3.63, 3.8) is 0 Å². The quantitative estimate of drug-likeness (QED) is 0.00843. The van der Waals surface area contributed by atoms with Gasteiger partial charge in [0.1, 0.15) is 48.7 Å². The predicted molar refractivity (Wildman–Crippen MR) is 508 cm³/mol. The molecule has 0 bridgehead atoms. The third-order valence-corrected chi connectivity index (χ3v) is 31.6. The number of aliphatic hydroxyl groups is 2. The number of amides is 4. The van der Waals surface area contributed by atoms with Crippen molar-refractivity contribution < 1.29 is 176 Å². The second kappa shape index (κ2) is 49.6. The number of hydrogen-bond donors (Lipinski definition) is 18. The summed E-state index contributed by atoms with van der Waals surface area (Å²) in [5, 5.41) is 34.0. The molecule has 2 aromatic carbocycles. The van der Waals surface area contributed by atoms with Crippen LogP contribution in [0.15, 0.2) is 138 Å². The van der Waals surface area contributed by atoms with Crippen LogP contribution < -0.4 is 74.0 Å². The Balaban J connectivity index is 0.000000274. The first kappa shape index (κ1) is 114. The van der Waals surface area contributed by atoms with Crippen molar-refractivity contribution in [3.05, 3.63) is 152 Å². The van der Waals surface area contributed by atoms with E-state index >= 15 is 0 Å². The average Bonchev–Trinajstić information content (AvgIpc) is 1.64. The van der Waals surface area contributed by atoms with Gasteiger partial charge in [-0.3, -0.25) is 47.3 Å². The Kier molecular flexibility index (Phi) is 39.3. The minimum Gasteiger partial charge on any atom is -0.748 e. The number of phosphoric ester groups is 2. The van der Waals surface area contributed by atoms with Crippen molar-refractivity contribution >= 4 is 180 Å². The third-order valence-electron chi connectivity index (χ3n) is 21.2. The van der Waals surface area contributed by atoms with Gasteiger partial charge < -0.3 is 129 Å². The van der Waals surface area contributed by atoms with E-state index in [0.29, 0.717) is 109 Å². The molecular formula is C76H100N18O40P6S4. The molecule has 68 heteroatoms. The molecule has 8 aromatic heterocycles. The summed E-state index contributed by atoms with van der Waals surface area (Å²) in [5.74, 6) is -2.23. The van der Waals surface area contributed by atoms with Crippen LogP contribution in [0.2, 0.25) is 0 Å². The first-order valence-electron chi connectivity index (χ1n) is 43.2. The van der Waals surface area contributed by atoms with Crippen LogP contribution in [0.1, 0.15) is 90.5 Å². The highest BCUT2D eigenvalue weighted by Gasteiger charge is 2.52. The SMILES string of the molecule is CCN(CCCCCC(=O)NCCNC(=O)O[C@@H]1[C@H](O)[C@@H](COP(=O)(O)OP(=O)(O)OP(O)(O)=S)O[C@H]1n1cnc2c(=O)[nH]c(N)nc21)c1ccc2cc(-c3cc[n+](CCCS(=O)(=O)[O-])cc3)c(=O)oc2c1.CCN(CCCCCC(=O)NCCNC(=O)O[C@H]1[C@@H](O)[C@H](n2cnc3c(=O)[nH]c(N)nc32)O[C@@H]1COP(=O)(O)OP(=O)(O)OP(O)(O)=S)c1ccc2cc(-c3cc[n+](CCCS(=O)(=O)[O-])cc3)c(=O)oc2c1. The van der Waals surface area contributed by atoms with Gasteiger partial charge in [-0.2, -0.15) is 18.6 Å². The molecule has 0 saturated carbocycles. The van der Waals surface area contributed by atoms with E-state index in [4.69, 9.17) is 63.3 Å². The Morgan fingerprint density at radius 3 is 1.31 bits per heavy atom. The number of aromatic amines is 2. The van der Waals surface area contributed by atoms with Crippen LogP contribution in [-0.4, -0.2) is 252 Å². The van der Waals surface area contributed by atoms with E-state index in [-0.39, 0.29) is 97.9 Å². The largest absolute Gasteiger partial charge is 0.748 e. The summed E-state index contributed by atoms with van der Waals surface area (Å²) in [5.41, 5.74) is 12.3. The molecule has 0 radical (unpaired) electrons. The molecule has 10 aromatic rings. The van der Waals surface area contributed by atoms with E-state index in [1.807, 2.05) is 38.1 Å². The van der Waals surface area contributed by atoms with Gasteiger partial charge in [0.25, 0.3) is 11.1 Å². The Bertz CT molecular complexity index is 7100. The van der Waals surface area contributed by atoms with Gasteiger partial charge in [0.2, 0.25) is 23.7 Å². The second-order valence-electron chi connectivity index (χ2n) is 31.7. The third kappa shape index (κ3) is 34.0. The number of H-pyrrole nitrogens is 2. The molecule has 144 heavy (non-hydrogen) atoms.